The molecular formula is C20H24N2O. The second-order valence-corrected chi connectivity index (χ2v) is 6.47. The number of nitrogens with one attached hydrogen (secondary N) is 1. The predicted molar refractivity (Wildman–Crippen MR) is 92.0 cm³/mol. The molecule has 0 unspecified atom stereocenters. The first-order valence-electron chi connectivity index (χ1n) is 8.51. The molecule has 0 saturated heterocycles. The van der Waals surface area contributed by atoms with E-state index in [9.17, 15) is 4.79 Å². The number of hydrogen-bond acceptors (Lipinski definition) is 2. The zero-order valence-electron chi connectivity index (χ0n) is 13.7. The van der Waals surface area contributed by atoms with E-state index in [0.717, 1.165) is 24.0 Å². The number of amides is 1. The Hall–Kier alpha value is -2.16. The van der Waals surface area contributed by atoms with Crippen LogP contribution in [0.5, 0.6) is 0 Å². The van der Waals surface area contributed by atoms with Gasteiger partial charge in [-0.15, -0.1) is 0 Å². The maximum atomic E-state index is 12.7. The van der Waals surface area contributed by atoms with Gasteiger partial charge in [-0.1, -0.05) is 55.2 Å². The molecule has 1 saturated carbocycles. The van der Waals surface area contributed by atoms with E-state index in [4.69, 9.17) is 0 Å². The monoisotopic (exact) mass is 308 g/mol. The van der Waals surface area contributed by atoms with Crippen LogP contribution in [0.2, 0.25) is 0 Å². The number of pyridine rings is 1. The lowest BCUT2D eigenvalue weighted by Crippen LogP contribution is -2.35. The van der Waals surface area contributed by atoms with Crippen molar-refractivity contribution in [2.24, 2.45) is 5.92 Å². The van der Waals surface area contributed by atoms with Crippen molar-refractivity contribution >= 4 is 5.91 Å². The van der Waals surface area contributed by atoms with E-state index in [-0.39, 0.29) is 17.9 Å². The third-order valence-corrected chi connectivity index (χ3v) is 4.69. The molecule has 1 aromatic carbocycles. The van der Waals surface area contributed by atoms with Crippen LogP contribution in [0.15, 0.2) is 48.8 Å². The van der Waals surface area contributed by atoms with E-state index in [2.05, 4.69) is 41.5 Å². The van der Waals surface area contributed by atoms with Gasteiger partial charge in [0.1, 0.15) is 0 Å². The van der Waals surface area contributed by atoms with Crippen LogP contribution in [-0.4, -0.2) is 10.9 Å². The van der Waals surface area contributed by atoms with Gasteiger partial charge in [-0.2, -0.15) is 0 Å². The summed E-state index contributed by atoms with van der Waals surface area (Å²) < 4.78 is 0. The summed E-state index contributed by atoms with van der Waals surface area (Å²) in [4.78, 5) is 16.9. The van der Waals surface area contributed by atoms with Crippen molar-refractivity contribution in [3.63, 3.8) is 0 Å². The molecule has 23 heavy (non-hydrogen) atoms. The summed E-state index contributed by atoms with van der Waals surface area (Å²) in [6.45, 7) is 2.07. The third-order valence-electron chi connectivity index (χ3n) is 4.69. The molecule has 1 N–H and O–H groups in total. The zero-order chi connectivity index (χ0) is 16.1. The number of aromatic nitrogens is 1. The fourth-order valence-corrected chi connectivity index (χ4v) is 3.29. The molecule has 2 aromatic rings. The molecule has 0 aliphatic heterocycles. The molecule has 1 fully saturated rings. The Morgan fingerprint density at radius 2 is 1.83 bits per heavy atom. The van der Waals surface area contributed by atoms with Crippen molar-refractivity contribution in [1.29, 1.82) is 0 Å². The summed E-state index contributed by atoms with van der Waals surface area (Å²) in [7, 11) is 0. The fourth-order valence-electron chi connectivity index (χ4n) is 3.29. The Bertz CT molecular complexity index is 630. The Morgan fingerprint density at radius 3 is 2.48 bits per heavy atom. The molecule has 0 bridgehead atoms. The van der Waals surface area contributed by atoms with Gasteiger partial charge in [-0.25, -0.2) is 0 Å². The van der Waals surface area contributed by atoms with Crippen LogP contribution in [0.3, 0.4) is 0 Å². The Balaban J connectivity index is 1.83. The average Bonchev–Trinajstić information content (AvgIpc) is 2.62. The molecule has 0 radical (unpaired) electrons. The van der Waals surface area contributed by atoms with Crippen LogP contribution in [0.1, 0.15) is 54.8 Å². The lowest BCUT2D eigenvalue weighted by molar-refractivity contribution is -0.126. The molecule has 1 aromatic heterocycles. The Labute approximate surface area is 138 Å². The summed E-state index contributed by atoms with van der Waals surface area (Å²) in [5.41, 5.74) is 3.35. The number of carbonyl (C=O) groups is 1. The number of rotatable bonds is 4. The molecule has 3 rings (SSSR count). The van der Waals surface area contributed by atoms with Gasteiger partial charge in [0.15, 0.2) is 0 Å². The molecule has 120 valence electrons. The van der Waals surface area contributed by atoms with Crippen LogP contribution in [-0.2, 0) is 4.79 Å². The first kappa shape index (κ1) is 15.7. The Morgan fingerprint density at radius 1 is 1.09 bits per heavy atom. The highest BCUT2D eigenvalue weighted by Crippen LogP contribution is 2.27. The molecule has 3 nitrogen and oxygen atoms in total. The molecule has 1 aliphatic carbocycles. The average molecular weight is 308 g/mol. The lowest BCUT2D eigenvalue weighted by atomic mass is 9.88. The quantitative estimate of drug-likeness (QED) is 0.921. The van der Waals surface area contributed by atoms with Gasteiger partial charge in [0.25, 0.3) is 0 Å². The Kier molecular flexibility index (Phi) is 5.06. The summed E-state index contributed by atoms with van der Waals surface area (Å²) in [6, 6.07) is 12.2. The molecule has 1 atom stereocenters. The maximum absolute atomic E-state index is 12.7. The molecule has 1 heterocycles. The van der Waals surface area contributed by atoms with Crippen molar-refractivity contribution in [3.05, 3.63) is 65.5 Å². The van der Waals surface area contributed by atoms with E-state index < -0.39 is 0 Å². The van der Waals surface area contributed by atoms with Crippen molar-refractivity contribution in [3.8, 4) is 0 Å². The highest BCUT2D eigenvalue weighted by Gasteiger charge is 2.24. The van der Waals surface area contributed by atoms with Crippen LogP contribution in [0, 0.1) is 12.8 Å². The number of hydrogen-bond donors (Lipinski definition) is 1. The van der Waals surface area contributed by atoms with Gasteiger partial charge in [-0.05, 0) is 37.0 Å². The van der Waals surface area contributed by atoms with Gasteiger partial charge in [0.05, 0.1) is 6.04 Å². The predicted octanol–water partition coefficient (Wildman–Crippen LogP) is 4.18. The minimum Gasteiger partial charge on any atom is -0.345 e. The minimum absolute atomic E-state index is 0.126. The molecule has 0 spiro atoms. The highest BCUT2D eigenvalue weighted by atomic mass is 16.1. The number of aryl methyl sites for hydroxylation is 1. The lowest BCUT2D eigenvalue weighted by Gasteiger charge is -2.25. The smallest absolute Gasteiger partial charge is 0.223 e. The molecule has 1 aliphatic rings. The minimum atomic E-state index is -0.126. The summed E-state index contributed by atoms with van der Waals surface area (Å²) in [5, 5.41) is 3.26. The largest absolute Gasteiger partial charge is 0.345 e. The van der Waals surface area contributed by atoms with E-state index in [1.807, 2.05) is 18.3 Å². The van der Waals surface area contributed by atoms with Gasteiger partial charge >= 0.3 is 0 Å². The first-order chi connectivity index (χ1) is 11.2. The van der Waals surface area contributed by atoms with Crippen molar-refractivity contribution < 1.29 is 4.79 Å². The maximum Gasteiger partial charge on any atom is 0.223 e. The van der Waals surface area contributed by atoms with Crippen molar-refractivity contribution in [2.75, 3.05) is 0 Å². The van der Waals surface area contributed by atoms with E-state index in [0.29, 0.717) is 0 Å². The van der Waals surface area contributed by atoms with E-state index in [1.165, 1.54) is 24.8 Å². The van der Waals surface area contributed by atoms with E-state index in [1.54, 1.807) is 6.20 Å². The molecule has 1 amide bonds. The second kappa shape index (κ2) is 7.40. The zero-order valence-corrected chi connectivity index (χ0v) is 13.7. The third kappa shape index (κ3) is 3.98. The van der Waals surface area contributed by atoms with Gasteiger partial charge in [0, 0.05) is 18.3 Å². The van der Waals surface area contributed by atoms with Crippen LogP contribution in [0.4, 0.5) is 0 Å². The van der Waals surface area contributed by atoms with Crippen LogP contribution in [0.25, 0.3) is 0 Å². The summed E-state index contributed by atoms with van der Waals surface area (Å²) in [6.07, 6.45) is 9.22. The van der Waals surface area contributed by atoms with Crippen molar-refractivity contribution in [2.45, 2.75) is 45.1 Å². The topological polar surface area (TPSA) is 42.0 Å². The number of carbonyl (C=O) groups excluding carboxylic acids is 1. The summed E-state index contributed by atoms with van der Waals surface area (Å²) >= 11 is 0. The van der Waals surface area contributed by atoms with Gasteiger partial charge < -0.3 is 5.32 Å². The van der Waals surface area contributed by atoms with Crippen LogP contribution >= 0.6 is 0 Å². The van der Waals surface area contributed by atoms with Crippen LogP contribution < -0.4 is 5.32 Å². The molecular weight excluding hydrogens is 284 g/mol. The van der Waals surface area contributed by atoms with Gasteiger partial charge in [0.2, 0.25) is 5.91 Å². The number of benzene rings is 1. The van der Waals surface area contributed by atoms with Crippen molar-refractivity contribution in [1.82, 2.24) is 10.3 Å². The van der Waals surface area contributed by atoms with Gasteiger partial charge in [-0.3, -0.25) is 9.78 Å². The standard InChI is InChI=1S/C20H24N2O/c1-15-9-11-16(12-10-15)19(18-8-5-13-21-14-18)22-20(23)17-6-3-2-4-7-17/h5,8-14,17,19H,2-4,6-7H2,1H3,(H,22,23)/t19-/m1/s1. The first-order valence-corrected chi connectivity index (χ1v) is 8.51. The SMILES string of the molecule is Cc1ccc([C@@H](NC(=O)C2CCCCC2)c2cccnc2)cc1. The van der Waals surface area contributed by atoms with E-state index >= 15 is 0 Å². The second-order valence-electron chi connectivity index (χ2n) is 6.47. The highest BCUT2D eigenvalue weighted by molar-refractivity contribution is 5.79. The fraction of sp³-hybridized carbons (Fsp3) is 0.400. The normalized spacial score (nSPS) is 16.7. The number of nitrogens with zero attached hydrogens (tertiary/aromatic N) is 1. The molecule has 3 heteroatoms. The summed E-state index contributed by atoms with van der Waals surface area (Å²) in [5.74, 6) is 0.340.